The maximum Gasteiger partial charge on any atom is 1.00 e. The van der Waals surface area contributed by atoms with Crippen LogP contribution in [0.5, 0.6) is 0 Å². The van der Waals surface area contributed by atoms with Gasteiger partial charge in [-0.15, -0.1) is 6.42 Å². The number of carbonyl (C=O) groups excluding carboxylic acids is 3. The van der Waals surface area contributed by atoms with E-state index in [1.165, 1.54) is 134 Å². The third kappa shape index (κ3) is 11.5. The SMILES string of the molecule is C#C[C@]1(O)CCC2C3CC=C4C[C@@H](O)CC[C@]4(C)C3CC[C@@]21C.C[C@H]1CC[C@@]2(C)C(=CCC3C2CC[C@]2(C)C(=O)CCC32)C1.C[C@H]1CC[C@@]2(C)C(=CCC3C2CC[C@]2(C)C(=O)CCC32)C1.C[C@H]1CC[C@@]2(C)C(=CCC3C2CC[C@]2(C)C(=O)CCC32)C1.[CH2-]CCC.[Li+]. The van der Waals surface area contributed by atoms with E-state index in [0.29, 0.717) is 69.1 Å². The minimum atomic E-state index is -0.906. The van der Waals surface area contributed by atoms with Crippen molar-refractivity contribution in [2.75, 3.05) is 0 Å². The summed E-state index contributed by atoms with van der Waals surface area (Å²) in [4.78, 5) is 37.2. The molecule has 16 aliphatic rings. The monoisotopic (exact) mass is 1240 g/mol. The number of hydrogen-bond donors (Lipinski definition) is 2. The van der Waals surface area contributed by atoms with E-state index >= 15 is 0 Å². The van der Waals surface area contributed by atoms with Crippen LogP contribution in [0.2, 0.25) is 0 Å². The Morgan fingerprint density at radius 3 is 1.03 bits per heavy atom. The van der Waals surface area contributed by atoms with Gasteiger partial charge >= 0.3 is 18.9 Å². The fourth-order valence-electron chi connectivity index (χ4n) is 26.7. The van der Waals surface area contributed by atoms with E-state index in [0.717, 1.165) is 143 Å². The summed E-state index contributed by atoms with van der Waals surface area (Å²) in [7, 11) is 0. The maximum atomic E-state index is 12.4. The van der Waals surface area contributed by atoms with Crippen molar-refractivity contribution < 1.29 is 43.5 Å². The molecule has 0 aromatic heterocycles. The number of aliphatic hydroxyl groups is 2. The Morgan fingerprint density at radius 2 is 0.703 bits per heavy atom. The summed E-state index contributed by atoms with van der Waals surface area (Å²) in [6, 6.07) is 0. The van der Waals surface area contributed by atoms with Gasteiger partial charge < -0.3 is 17.1 Å². The van der Waals surface area contributed by atoms with Crippen LogP contribution in [0.1, 0.15) is 301 Å². The number of terminal acetylenes is 1. The van der Waals surface area contributed by atoms with Gasteiger partial charge in [-0.3, -0.25) is 14.4 Å². The van der Waals surface area contributed by atoms with Crippen molar-refractivity contribution in [3.63, 3.8) is 0 Å². The molecule has 2 N–H and O–H groups in total. The molecule has 0 aromatic rings. The van der Waals surface area contributed by atoms with Gasteiger partial charge in [-0.1, -0.05) is 142 Å². The second kappa shape index (κ2) is 26.0. The molecule has 0 bridgehead atoms. The molecule has 5 nitrogen and oxygen atoms in total. The first-order chi connectivity index (χ1) is 42.6. The van der Waals surface area contributed by atoms with Gasteiger partial charge in [0.15, 0.2) is 0 Å². The fourth-order valence-corrected chi connectivity index (χ4v) is 26.7. The van der Waals surface area contributed by atoms with Crippen molar-refractivity contribution in [1.82, 2.24) is 0 Å². The number of aliphatic hydroxyl groups excluding tert-OH is 1. The summed E-state index contributed by atoms with van der Waals surface area (Å²) in [6.07, 6.45) is 55.8. The zero-order valence-corrected chi connectivity index (χ0v) is 60.5. The third-order valence-corrected chi connectivity index (χ3v) is 33.0. The topological polar surface area (TPSA) is 91.7 Å². The Labute approximate surface area is 568 Å². The van der Waals surface area contributed by atoms with Gasteiger partial charge in [0.1, 0.15) is 23.0 Å². The van der Waals surface area contributed by atoms with Crippen molar-refractivity contribution >= 4 is 17.3 Å². The molecule has 16 aliphatic carbocycles. The number of Topliss-reactive ketones (excluding diaryl/α,β-unsaturated/α-hetero) is 3. The van der Waals surface area contributed by atoms with Crippen molar-refractivity contribution in [3.8, 4) is 12.3 Å². The minimum Gasteiger partial charge on any atom is -0.393 e. The quantitative estimate of drug-likeness (QED) is 0.118. The van der Waals surface area contributed by atoms with Crippen LogP contribution in [-0.2, 0) is 14.4 Å². The van der Waals surface area contributed by atoms with Crippen molar-refractivity contribution in [2.24, 2.45) is 132 Å². The molecular formula is C85H129LiO5. The number of hydrogen-bond acceptors (Lipinski definition) is 5. The average Bonchev–Trinajstić information content (AvgIpc) is 1.71. The van der Waals surface area contributed by atoms with E-state index < -0.39 is 5.60 Å². The Kier molecular flexibility index (Phi) is 20.1. The van der Waals surface area contributed by atoms with Gasteiger partial charge in [0.05, 0.1) is 6.10 Å². The molecule has 0 amide bonds. The number of unbranched alkanes of at least 4 members (excludes halogenated alkanes) is 1. The first-order valence-electron chi connectivity index (χ1n) is 38.7. The van der Waals surface area contributed by atoms with Crippen LogP contribution in [0.25, 0.3) is 0 Å². The van der Waals surface area contributed by atoms with Crippen LogP contribution in [0.15, 0.2) is 46.6 Å². The summed E-state index contributed by atoms with van der Waals surface area (Å²) < 4.78 is 0. The largest absolute Gasteiger partial charge is 1.00 e. The van der Waals surface area contributed by atoms with E-state index in [2.05, 4.69) is 120 Å². The van der Waals surface area contributed by atoms with E-state index in [1.54, 1.807) is 16.7 Å². The van der Waals surface area contributed by atoms with Gasteiger partial charge in [-0.2, -0.15) is 6.42 Å². The molecule has 16 rings (SSSR count). The molecule has 0 radical (unpaired) electrons. The standard InChI is InChI=1S/C21H30O2.3C20H30O.C4H9.Li/c1-4-21(23)12-9-18-16-6-5-14-13-15(22)7-10-19(14,2)17(16)8-11-20(18,21)3;3*1-13-8-10-19(2)14(12-13)4-5-15-16-6-7-18(21)20(16,3)11-9-17(15)19;1-3-4-2;/h1,5,15-18,22-23H,6-13H2,2-3H3;3*4,13,15-17H,5-12H2,1-3H3;1,3-4H2,2H3;/q;;;;-1;+1/t15-,16?,17?,18?,19-,20-,21-;3*13-,15?,16?,17?,19-,20-;;/m0000../s1. The van der Waals surface area contributed by atoms with E-state index in [1.807, 2.05) is 0 Å². The van der Waals surface area contributed by atoms with Gasteiger partial charge in [0.25, 0.3) is 0 Å². The summed E-state index contributed by atoms with van der Waals surface area (Å²) >= 11 is 0. The first kappa shape index (κ1) is 70.4. The van der Waals surface area contributed by atoms with E-state index in [9.17, 15) is 24.6 Å². The van der Waals surface area contributed by atoms with Crippen LogP contribution < -0.4 is 18.9 Å². The molecule has 0 saturated heterocycles. The van der Waals surface area contributed by atoms with Crippen molar-refractivity contribution in [1.29, 1.82) is 0 Å². The number of rotatable bonds is 1. The van der Waals surface area contributed by atoms with Crippen LogP contribution >= 0.6 is 0 Å². The zero-order chi connectivity index (χ0) is 64.4. The molecule has 500 valence electrons. The van der Waals surface area contributed by atoms with E-state index in [-0.39, 0.29) is 52.0 Å². The van der Waals surface area contributed by atoms with Crippen LogP contribution in [0.3, 0.4) is 0 Å². The summed E-state index contributed by atoms with van der Waals surface area (Å²) in [5.74, 6) is 16.0. The number of carbonyl (C=O) groups is 3. The van der Waals surface area contributed by atoms with Gasteiger partial charge in [0, 0.05) is 40.9 Å². The Morgan fingerprint density at radius 1 is 0.429 bits per heavy atom. The second-order valence-corrected chi connectivity index (χ2v) is 37.1. The number of fused-ring (bicyclic) bond motifs is 20. The molecule has 0 heterocycles. The predicted octanol–water partition coefficient (Wildman–Crippen LogP) is 17.8. The van der Waals surface area contributed by atoms with Gasteiger partial charge in [-0.25, -0.2) is 0 Å². The van der Waals surface area contributed by atoms with Crippen molar-refractivity contribution in [3.05, 3.63) is 53.5 Å². The van der Waals surface area contributed by atoms with Crippen LogP contribution in [-0.4, -0.2) is 39.3 Å². The molecule has 12 fully saturated rings. The molecule has 12 unspecified atom stereocenters. The summed E-state index contributed by atoms with van der Waals surface area (Å²) in [5, 5.41) is 21.0. The molecule has 25 atom stereocenters. The Bertz CT molecular complexity index is 2680. The zero-order valence-electron chi connectivity index (χ0n) is 60.5. The molecule has 6 heteroatoms. The van der Waals surface area contributed by atoms with Crippen molar-refractivity contribution in [2.45, 2.75) is 313 Å². The summed E-state index contributed by atoms with van der Waals surface area (Å²) in [5.41, 5.74) is 7.55. The average molecular weight is 1240 g/mol. The Hall–Kier alpha value is -1.95. The predicted molar refractivity (Wildman–Crippen MR) is 369 cm³/mol. The maximum absolute atomic E-state index is 12.4. The fraction of sp³-hybridized carbons (Fsp3) is 0.835. The molecule has 91 heavy (non-hydrogen) atoms. The van der Waals surface area contributed by atoms with E-state index in [4.69, 9.17) is 6.42 Å². The van der Waals surface area contributed by atoms with Gasteiger partial charge in [-0.05, 0) is 297 Å². The molecule has 12 saturated carbocycles. The molecule has 0 spiro atoms. The van der Waals surface area contributed by atoms with Gasteiger partial charge in [0.2, 0.25) is 0 Å². The first-order valence-corrected chi connectivity index (χ1v) is 38.7. The molecule has 0 aliphatic heterocycles. The third-order valence-electron chi connectivity index (χ3n) is 33.0. The normalized spacial score (nSPS) is 50.8. The second-order valence-electron chi connectivity index (χ2n) is 37.1. The molecule has 0 aromatic carbocycles. The molecular weight excluding hydrogens is 1110 g/mol. The summed E-state index contributed by atoms with van der Waals surface area (Å²) in [6.45, 7) is 32.2. The van der Waals surface area contributed by atoms with Crippen LogP contribution in [0, 0.1) is 151 Å². The smallest absolute Gasteiger partial charge is 0.393 e. The number of allylic oxidation sites excluding steroid dienone is 7. The minimum absolute atomic E-state index is 0. The Balaban J connectivity index is 0.000000122. The van der Waals surface area contributed by atoms with Crippen LogP contribution in [0.4, 0.5) is 0 Å². The number of ketones is 3.